The fourth-order valence-electron chi connectivity index (χ4n) is 4.94. The van der Waals surface area contributed by atoms with Crippen LogP contribution in [0.4, 0.5) is 0 Å². The lowest BCUT2D eigenvalue weighted by Crippen LogP contribution is -2.07. The number of hydrogen-bond acceptors (Lipinski definition) is 9. The van der Waals surface area contributed by atoms with E-state index >= 15 is 0 Å². The maximum Gasteiger partial charge on any atom is 0.342 e. The molecule has 0 aliphatic carbocycles. The molecule has 0 aliphatic rings. The molecule has 5 rings (SSSR count). The average molecular weight is 753 g/mol. The fraction of sp³-hybridized carbons (Fsp3) is 0.133. The minimum absolute atomic E-state index is 0.249. The third kappa shape index (κ3) is 11.7. The maximum atomic E-state index is 13.0. The third-order valence-electron chi connectivity index (χ3n) is 7.66. The van der Waals surface area contributed by atoms with E-state index in [1.54, 1.807) is 29.6 Å². The van der Waals surface area contributed by atoms with Gasteiger partial charge in [-0.05, 0) is 89.8 Å². The standard InChI is InChI=1S/C45H36O7S2/c1-4-42(46)50-26-28-53-38-20-14-33(15-21-38)7-6-32-9-12-36(13-10-32)31-52-41-25-19-37-30-35(18-24-40(37)44(41)45(48)49-3)11-8-34-16-22-39(23-17-34)54-29-27-51-43(47)5-2/h4-5,9-10,12-25,30H,1-2,26-29,31H2,3H3. The van der Waals surface area contributed by atoms with Gasteiger partial charge in [0.1, 0.15) is 31.1 Å². The van der Waals surface area contributed by atoms with Gasteiger partial charge in [0, 0.05) is 61.1 Å². The second-order valence-electron chi connectivity index (χ2n) is 11.3. The molecule has 0 fully saturated rings. The molecule has 5 aromatic carbocycles. The van der Waals surface area contributed by atoms with Crippen LogP contribution in [0, 0.1) is 23.7 Å². The van der Waals surface area contributed by atoms with Gasteiger partial charge in [0.25, 0.3) is 0 Å². The van der Waals surface area contributed by atoms with Crippen LogP contribution in [0.2, 0.25) is 0 Å². The lowest BCUT2D eigenvalue weighted by atomic mass is 10.0. The van der Waals surface area contributed by atoms with Crippen molar-refractivity contribution in [3.8, 4) is 29.4 Å². The predicted octanol–water partition coefficient (Wildman–Crippen LogP) is 8.65. The number of esters is 3. The van der Waals surface area contributed by atoms with E-state index in [-0.39, 0.29) is 6.61 Å². The number of hydrogen-bond donors (Lipinski definition) is 0. The monoisotopic (exact) mass is 752 g/mol. The van der Waals surface area contributed by atoms with E-state index in [4.69, 9.17) is 18.9 Å². The number of carbonyl (C=O) groups is 3. The summed E-state index contributed by atoms with van der Waals surface area (Å²) in [6.07, 6.45) is 2.31. The van der Waals surface area contributed by atoms with Crippen LogP contribution in [0.3, 0.4) is 0 Å². The number of ether oxygens (including phenoxy) is 4. The first-order valence-corrected chi connectivity index (χ1v) is 18.8. The number of carbonyl (C=O) groups excluding carboxylic acids is 3. The van der Waals surface area contributed by atoms with Crippen LogP contribution in [0.1, 0.15) is 38.2 Å². The highest BCUT2D eigenvalue weighted by Gasteiger charge is 2.18. The second kappa shape index (κ2) is 20.2. The van der Waals surface area contributed by atoms with Crippen LogP contribution in [-0.2, 0) is 30.4 Å². The largest absolute Gasteiger partial charge is 0.488 e. The Bertz CT molecular complexity index is 2250. The SMILES string of the molecule is C=CC(=O)OCCSc1ccc(C#Cc2ccc(COc3ccc4cc(C#Cc5ccc(SCCOC(=O)C=C)cc5)ccc4c3C(=O)OC)cc2)cc1. The number of fused-ring (bicyclic) bond motifs is 1. The summed E-state index contributed by atoms with van der Waals surface area (Å²) in [7, 11) is 1.35. The smallest absolute Gasteiger partial charge is 0.342 e. The van der Waals surface area contributed by atoms with Gasteiger partial charge in [0.15, 0.2) is 0 Å². The lowest BCUT2D eigenvalue weighted by molar-refractivity contribution is -0.138. The molecule has 5 aromatic rings. The van der Waals surface area contributed by atoms with E-state index in [9.17, 15) is 14.4 Å². The molecule has 0 N–H and O–H groups in total. The number of methoxy groups -OCH3 is 1. The summed E-state index contributed by atoms with van der Waals surface area (Å²) in [4.78, 5) is 37.4. The third-order valence-corrected chi connectivity index (χ3v) is 9.61. The van der Waals surface area contributed by atoms with E-state index in [1.807, 2.05) is 97.1 Å². The highest BCUT2D eigenvalue weighted by atomic mass is 32.2. The summed E-state index contributed by atoms with van der Waals surface area (Å²) in [6, 6.07) is 32.9. The summed E-state index contributed by atoms with van der Waals surface area (Å²) in [5, 5.41) is 1.54. The zero-order valence-electron chi connectivity index (χ0n) is 29.6. The molecule has 0 aromatic heterocycles. The molecule has 9 heteroatoms. The van der Waals surface area contributed by atoms with E-state index in [1.165, 1.54) is 7.11 Å². The molecule has 7 nitrogen and oxygen atoms in total. The maximum absolute atomic E-state index is 13.0. The average Bonchev–Trinajstić information content (AvgIpc) is 3.22. The highest BCUT2D eigenvalue weighted by Crippen LogP contribution is 2.30. The predicted molar refractivity (Wildman–Crippen MR) is 215 cm³/mol. The molecule has 0 bridgehead atoms. The molecule has 0 aliphatic heterocycles. The Balaban J connectivity index is 1.18. The van der Waals surface area contributed by atoms with Gasteiger partial charge in [0.2, 0.25) is 0 Å². The number of thioether (sulfide) groups is 2. The molecule has 0 amide bonds. The minimum atomic E-state index is -0.488. The molecule has 0 saturated carbocycles. The Morgan fingerprint density at radius 2 is 1.11 bits per heavy atom. The molecule has 0 spiro atoms. The van der Waals surface area contributed by atoms with Crippen LogP contribution in [0.25, 0.3) is 10.8 Å². The summed E-state index contributed by atoms with van der Waals surface area (Å²) >= 11 is 3.18. The van der Waals surface area contributed by atoms with E-state index in [2.05, 4.69) is 36.8 Å². The van der Waals surface area contributed by atoms with Crippen molar-refractivity contribution in [1.82, 2.24) is 0 Å². The summed E-state index contributed by atoms with van der Waals surface area (Å²) in [6.45, 7) is 7.66. The van der Waals surface area contributed by atoms with Crippen LogP contribution in [-0.4, -0.2) is 49.7 Å². The van der Waals surface area contributed by atoms with Crippen molar-refractivity contribution in [1.29, 1.82) is 0 Å². The molecule has 54 heavy (non-hydrogen) atoms. The Morgan fingerprint density at radius 1 is 0.630 bits per heavy atom. The van der Waals surface area contributed by atoms with Gasteiger partial charge in [-0.1, -0.05) is 61.1 Å². The second-order valence-corrected chi connectivity index (χ2v) is 13.7. The molecular formula is C45H36O7S2. The number of rotatable bonds is 14. The first-order valence-electron chi connectivity index (χ1n) is 16.8. The van der Waals surface area contributed by atoms with Gasteiger partial charge in [-0.15, -0.1) is 23.5 Å². The van der Waals surface area contributed by atoms with Gasteiger partial charge in [-0.2, -0.15) is 0 Å². The van der Waals surface area contributed by atoms with Crippen LogP contribution in [0.5, 0.6) is 5.75 Å². The van der Waals surface area contributed by atoms with Gasteiger partial charge in [-0.3, -0.25) is 0 Å². The summed E-state index contributed by atoms with van der Waals surface area (Å²) in [5.41, 5.74) is 4.68. The van der Waals surface area contributed by atoms with Crippen LogP contribution < -0.4 is 4.74 Å². The topological polar surface area (TPSA) is 88.1 Å². The Labute approximate surface area is 323 Å². The molecule has 0 atom stereocenters. The molecular weight excluding hydrogens is 717 g/mol. The minimum Gasteiger partial charge on any atom is -0.488 e. The summed E-state index contributed by atoms with van der Waals surface area (Å²) in [5.74, 6) is 13.2. The zero-order valence-corrected chi connectivity index (χ0v) is 31.2. The molecule has 0 unspecified atom stereocenters. The highest BCUT2D eigenvalue weighted by molar-refractivity contribution is 7.99. The van der Waals surface area contributed by atoms with Gasteiger partial charge < -0.3 is 18.9 Å². The lowest BCUT2D eigenvalue weighted by Gasteiger charge is -2.13. The normalized spacial score (nSPS) is 10.2. The van der Waals surface area contributed by atoms with Crippen LogP contribution >= 0.6 is 23.5 Å². The van der Waals surface area contributed by atoms with E-state index < -0.39 is 17.9 Å². The Morgan fingerprint density at radius 3 is 1.61 bits per heavy atom. The van der Waals surface area contributed by atoms with Crippen molar-refractivity contribution in [3.05, 3.63) is 162 Å². The van der Waals surface area contributed by atoms with Crippen LogP contribution in [0.15, 0.2) is 138 Å². The Hall–Kier alpha value is -6.13. The van der Waals surface area contributed by atoms with Crippen molar-refractivity contribution in [2.75, 3.05) is 31.8 Å². The van der Waals surface area contributed by atoms with Gasteiger partial charge >= 0.3 is 17.9 Å². The van der Waals surface area contributed by atoms with Crippen molar-refractivity contribution < 1.29 is 33.3 Å². The fourth-order valence-corrected chi connectivity index (χ4v) is 6.41. The van der Waals surface area contributed by atoms with E-state index in [0.717, 1.165) is 55.1 Å². The molecule has 0 radical (unpaired) electrons. The van der Waals surface area contributed by atoms with Crippen molar-refractivity contribution in [2.24, 2.45) is 0 Å². The van der Waals surface area contributed by atoms with Crippen molar-refractivity contribution in [3.63, 3.8) is 0 Å². The van der Waals surface area contributed by atoms with Crippen molar-refractivity contribution in [2.45, 2.75) is 16.4 Å². The number of benzene rings is 5. The first kappa shape index (κ1) is 39.1. The quantitative estimate of drug-likeness (QED) is 0.0276. The first-order chi connectivity index (χ1) is 26.3. The summed E-state index contributed by atoms with van der Waals surface area (Å²) < 4.78 is 21.3. The van der Waals surface area contributed by atoms with Crippen molar-refractivity contribution >= 4 is 52.2 Å². The zero-order chi connectivity index (χ0) is 38.1. The van der Waals surface area contributed by atoms with E-state index in [0.29, 0.717) is 41.4 Å². The van der Waals surface area contributed by atoms with Gasteiger partial charge in [-0.25, -0.2) is 14.4 Å². The molecule has 270 valence electrons. The van der Waals surface area contributed by atoms with Gasteiger partial charge in [0.05, 0.1) is 7.11 Å². The Kier molecular flexibility index (Phi) is 14.6. The molecule has 0 saturated heterocycles. The molecule has 0 heterocycles.